The Hall–Kier alpha value is -3.44. The highest BCUT2D eigenvalue weighted by Gasteiger charge is 2.34. The molecule has 3 aromatic carbocycles. The molecule has 1 fully saturated rings. The minimum atomic E-state index is -0.539. The molecule has 32 heavy (non-hydrogen) atoms. The molecule has 0 aliphatic carbocycles. The van der Waals surface area contributed by atoms with Gasteiger partial charge in [0.25, 0.3) is 11.8 Å². The Morgan fingerprint density at radius 2 is 1.81 bits per heavy atom. The summed E-state index contributed by atoms with van der Waals surface area (Å²) in [4.78, 5) is 26.8. The number of nitrogens with one attached hydrogen (secondary N) is 1. The molecule has 4 rings (SSSR count). The minimum Gasteiger partial charge on any atom is -0.352 e. The fourth-order valence-corrected chi connectivity index (χ4v) is 3.96. The molecular weight excluding hydrogens is 400 g/mol. The molecule has 5 nitrogen and oxygen atoms in total. The monoisotopic (exact) mass is 428 g/mol. The van der Waals surface area contributed by atoms with Crippen molar-refractivity contribution < 1.29 is 14.3 Å². The summed E-state index contributed by atoms with van der Waals surface area (Å²) in [7, 11) is 0. The molecule has 0 bridgehead atoms. The number of unbranched alkanes of at least 4 members (excludes halogenated alkanes) is 1. The van der Waals surface area contributed by atoms with Gasteiger partial charge in [0, 0.05) is 23.4 Å². The first-order valence-corrected chi connectivity index (χ1v) is 11.0. The van der Waals surface area contributed by atoms with E-state index >= 15 is 0 Å². The molecule has 1 atom stereocenters. The van der Waals surface area contributed by atoms with E-state index in [1.54, 1.807) is 11.0 Å². The van der Waals surface area contributed by atoms with Gasteiger partial charge in [0.05, 0.1) is 0 Å². The molecule has 3 aromatic rings. The number of carbonyl (C=O) groups is 2. The van der Waals surface area contributed by atoms with Crippen molar-refractivity contribution in [3.8, 4) is 0 Å². The molecule has 1 aliphatic rings. The Morgan fingerprint density at radius 3 is 2.62 bits per heavy atom. The highest BCUT2D eigenvalue weighted by atomic mass is 16.5. The Balaban J connectivity index is 1.37. The first-order valence-electron chi connectivity index (χ1n) is 11.0. The van der Waals surface area contributed by atoms with Crippen molar-refractivity contribution in [3.05, 3.63) is 101 Å². The predicted molar refractivity (Wildman–Crippen MR) is 126 cm³/mol. The maximum atomic E-state index is 12.7. The molecule has 0 aromatic heterocycles. The lowest BCUT2D eigenvalue weighted by molar-refractivity contribution is -0.117. The van der Waals surface area contributed by atoms with Gasteiger partial charge in [-0.1, -0.05) is 54.6 Å². The summed E-state index contributed by atoms with van der Waals surface area (Å²) in [6.07, 6.45) is 2.41. The first-order chi connectivity index (χ1) is 15.6. The van der Waals surface area contributed by atoms with Gasteiger partial charge in [-0.05, 0) is 61.6 Å². The van der Waals surface area contributed by atoms with E-state index in [1.807, 2.05) is 67.6 Å². The van der Waals surface area contributed by atoms with Crippen LogP contribution in [0.3, 0.4) is 0 Å². The normalized spacial score (nSPS) is 15.7. The Kier molecular flexibility index (Phi) is 6.97. The van der Waals surface area contributed by atoms with Crippen molar-refractivity contribution >= 4 is 17.5 Å². The number of hydrogen-bond acceptors (Lipinski definition) is 3. The van der Waals surface area contributed by atoms with E-state index in [0.717, 1.165) is 36.1 Å². The Bertz CT molecular complexity index is 1080. The van der Waals surface area contributed by atoms with Gasteiger partial charge in [0.1, 0.15) is 6.61 Å². The molecule has 0 saturated carbocycles. The van der Waals surface area contributed by atoms with E-state index in [0.29, 0.717) is 12.1 Å². The van der Waals surface area contributed by atoms with Crippen LogP contribution in [-0.2, 0) is 16.0 Å². The number of aryl methyl sites for hydroxylation is 2. The van der Waals surface area contributed by atoms with E-state index in [1.165, 1.54) is 5.56 Å². The van der Waals surface area contributed by atoms with Gasteiger partial charge in [-0.15, -0.1) is 0 Å². The zero-order chi connectivity index (χ0) is 22.3. The fourth-order valence-electron chi connectivity index (χ4n) is 3.96. The van der Waals surface area contributed by atoms with Gasteiger partial charge in [0.2, 0.25) is 0 Å². The topological polar surface area (TPSA) is 58.6 Å². The van der Waals surface area contributed by atoms with Gasteiger partial charge in [-0.3, -0.25) is 14.5 Å². The van der Waals surface area contributed by atoms with Crippen LogP contribution >= 0.6 is 0 Å². The van der Waals surface area contributed by atoms with Crippen molar-refractivity contribution in [2.75, 3.05) is 18.1 Å². The Morgan fingerprint density at radius 1 is 1.00 bits per heavy atom. The summed E-state index contributed by atoms with van der Waals surface area (Å²) < 4.78 is 5.79. The van der Waals surface area contributed by atoms with Crippen molar-refractivity contribution in [2.45, 2.75) is 32.4 Å². The van der Waals surface area contributed by atoms with Gasteiger partial charge < -0.3 is 10.1 Å². The van der Waals surface area contributed by atoms with Gasteiger partial charge in [-0.2, -0.15) is 0 Å². The summed E-state index contributed by atoms with van der Waals surface area (Å²) in [5, 5.41) is 3.00. The second kappa shape index (κ2) is 10.2. The Labute approximate surface area is 189 Å². The molecule has 1 heterocycles. The number of benzene rings is 3. The number of amides is 2. The van der Waals surface area contributed by atoms with Crippen LogP contribution in [0.25, 0.3) is 0 Å². The molecule has 1 saturated heterocycles. The summed E-state index contributed by atoms with van der Waals surface area (Å²) >= 11 is 0. The van der Waals surface area contributed by atoms with E-state index in [4.69, 9.17) is 4.74 Å². The average Bonchev–Trinajstić information content (AvgIpc) is 3.21. The van der Waals surface area contributed by atoms with Crippen LogP contribution < -0.4 is 10.2 Å². The zero-order valence-corrected chi connectivity index (χ0v) is 18.3. The summed E-state index contributed by atoms with van der Waals surface area (Å²) in [6, 6.07) is 25.5. The van der Waals surface area contributed by atoms with Crippen molar-refractivity contribution in [3.63, 3.8) is 0 Å². The number of rotatable bonds is 8. The standard InChI is InChI=1S/C27H28N2O3/c1-20-9-7-15-24(17-20)29-25(30)19-32-27(29)23-14-8-13-22(18-23)26(31)28-16-6-5-12-21-10-3-2-4-11-21/h2-4,7-11,13-15,17-18,27H,5-6,12,16,19H2,1H3,(H,28,31). The van der Waals surface area contributed by atoms with E-state index < -0.39 is 6.23 Å². The van der Waals surface area contributed by atoms with Crippen molar-refractivity contribution in [1.82, 2.24) is 5.32 Å². The van der Waals surface area contributed by atoms with Crippen LogP contribution in [0.15, 0.2) is 78.9 Å². The molecule has 1 N–H and O–H groups in total. The molecule has 0 radical (unpaired) electrons. The van der Waals surface area contributed by atoms with E-state index in [-0.39, 0.29) is 18.4 Å². The number of carbonyl (C=O) groups excluding carboxylic acids is 2. The molecule has 164 valence electrons. The minimum absolute atomic E-state index is 0.0243. The van der Waals surface area contributed by atoms with Crippen LogP contribution in [0.1, 0.15) is 46.1 Å². The molecule has 1 unspecified atom stereocenters. The second-order valence-electron chi connectivity index (χ2n) is 8.09. The van der Waals surface area contributed by atoms with Crippen LogP contribution in [0.4, 0.5) is 5.69 Å². The van der Waals surface area contributed by atoms with Crippen LogP contribution in [0, 0.1) is 6.92 Å². The van der Waals surface area contributed by atoms with Crippen LogP contribution in [-0.4, -0.2) is 25.0 Å². The van der Waals surface area contributed by atoms with Gasteiger partial charge in [-0.25, -0.2) is 0 Å². The van der Waals surface area contributed by atoms with Crippen molar-refractivity contribution in [1.29, 1.82) is 0 Å². The van der Waals surface area contributed by atoms with Gasteiger partial charge >= 0.3 is 0 Å². The maximum Gasteiger partial charge on any atom is 0.255 e. The maximum absolute atomic E-state index is 12.7. The molecule has 2 amide bonds. The predicted octanol–water partition coefficient (Wildman–Crippen LogP) is 4.81. The lowest BCUT2D eigenvalue weighted by Gasteiger charge is -2.24. The molecular formula is C27H28N2O3. The molecule has 0 spiro atoms. The number of anilines is 1. The first kappa shape index (κ1) is 21.8. The average molecular weight is 429 g/mol. The van der Waals surface area contributed by atoms with Crippen LogP contribution in [0.2, 0.25) is 0 Å². The highest BCUT2D eigenvalue weighted by molar-refractivity contribution is 5.97. The summed E-state index contributed by atoms with van der Waals surface area (Å²) in [5.41, 5.74) is 4.54. The lowest BCUT2D eigenvalue weighted by Crippen LogP contribution is -2.29. The fraction of sp³-hybridized carbons (Fsp3) is 0.259. The largest absolute Gasteiger partial charge is 0.352 e. The van der Waals surface area contributed by atoms with E-state index in [2.05, 4.69) is 17.4 Å². The van der Waals surface area contributed by atoms with Gasteiger partial charge in [0.15, 0.2) is 6.23 Å². The summed E-state index contributed by atoms with van der Waals surface area (Å²) in [5.74, 6) is -0.202. The molecule has 5 heteroatoms. The quantitative estimate of drug-likeness (QED) is 0.524. The SMILES string of the molecule is Cc1cccc(N2C(=O)COC2c2cccc(C(=O)NCCCCc3ccccc3)c2)c1. The third-order valence-electron chi connectivity index (χ3n) is 5.60. The number of nitrogens with zero attached hydrogens (tertiary/aromatic N) is 1. The van der Waals surface area contributed by atoms with E-state index in [9.17, 15) is 9.59 Å². The lowest BCUT2D eigenvalue weighted by atomic mass is 10.1. The number of ether oxygens (including phenoxy) is 1. The third kappa shape index (κ3) is 5.24. The molecule has 1 aliphatic heterocycles. The highest BCUT2D eigenvalue weighted by Crippen LogP contribution is 2.33. The third-order valence-corrected chi connectivity index (χ3v) is 5.60. The van der Waals surface area contributed by atoms with Crippen molar-refractivity contribution in [2.24, 2.45) is 0 Å². The second-order valence-corrected chi connectivity index (χ2v) is 8.09. The summed E-state index contributed by atoms with van der Waals surface area (Å²) in [6.45, 7) is 2.64. The number of hydrogen-bond donors (Lipinski definition) is 1. The smallest absolute Gasteiger partial charge is 0.255 e. The van der Waals surface area contributed by atoms with Crippen LogP contribution in [0.5, 0.6) is 0 Å². The zero-order valence-electron chi connectivity index (χ0n) is 18.3.